The average Bonchev–Trinajstić information content (AvgIpc) is 2.78. The molecule has 0 bridgehead atoms. The number of hydrogen-bond acceptors (Lipinski definition) is 6. The van der Waals surface area contributed by atoms with Gasteiger partial charge in [-0.25, -0.2) is 0 Å². The van der Waals surface area contributed by atoms with Crippen LogP contribution in [0.5, 0.6) is 0 Å². The van der Waals surface area contributed by atoms with E-state index < -0.39 is 5.54 Å². The van der Waals surface area contributed by atoms with Gasteiger partial charge in [0.05, 0.1) is 6.07 Å². The molecule has 19 heavy (non-hydrogen) atoms. The second-order valence-corrected chi connectivity index (χ2v) is 5.93. The highest BCUT2D eigenvalue weighted by molar-refractivity contribution is 7.99. The fourth-order valence-electron chi connectivity index (χ4n) is 1.94. The summed E-state index contributed by atoms with van der Waals surface area (Å²) < 4.78 is 5.29. The topological polar surface area (TPSA) is 74.7 Å². The third kappa shape index (κ3) is 5.21. The van der Waals surface area contributed by atoms with Crippen LogP contribution >= 0.6 is 11.8 Å². The van der Waals surface area contributed by atoms with E-state index >= 15 is 0 Å². The summed E-state index contributed by atoms with van der Waals surface area (Å²) >= 11 is 1.54. The first-order valence-electron chi connectivity index (χ1n) is 6.63. The number of nitrogens with zero attached hydrogens (tertiary/aromatic N) is 3. The predicted octanol–water partition coefficient (Wildman–Crippen LogP) is 2.92. The summed E-state index contributed by atoms with van der Waals surface area (Å²) in [6.07, 6.45) is 2.58. The van der Waals surface area contributed by atoms with Crippen molar-refractivity contribution >= 4 is 11.8 Å². The van der Waals surface area contributed by atoms with Gasteiger partial charge in [-0.3, -0.25) is 5.32 Å². The lowest BCUT2D eigenvalue weighted by Crippen LogP contribution is -2.47. The molecule has 0 aliphatic heterocycles. The number of thioether (sulfide) groups is 1. The zero-order valence-electron chi connectivity index (χ0n) is 12.1. The second kappa shape index (κ2) is 7.51. The molecule has 0 saturated carbocycles. The van der Waals surface area contributed by atoms with Gasteiger partial charge in [0.1, 0.15) is 5.54 Å². The Kier molecular flexibility index (Phi) is 6.32. The van der Waals surface area contributed by atoms with Crippen LogP contribution < -0.4 is 5.32 Å². The molecule has 5 nitrogen and oxygen atoms in total. The highest BCUT2D eigenvalue weighted by atomic mass is 32.2. The third-order valence-electron chi connectivity index (χ3n) is 2.86. The molecule has 6 heteroatoms. The summed E-state index contributed by atoms with van der Waals surface area (Å²) in [5.74, 6) is 1.47. The Balaban J connectivity index is 2.38. The summed E-state index contributed by atoms with van der Waals surface area (Å²) in [5, 5.41) is 21.1. The fourth-order valence-corrected chi connectivity index (χ4v) is 2.68. The molecule has 1 N–H and O–H groups in total. The maximum absolute atomic E-state index is 9.38. The van der Waals surface area contributed by atoms with Crippen LogP contribution in [-0.4, -0.2) is 27.5 Å². The summed E-state index contributed by atoms with van der Waals surface area (Å²) in [7, 11) is 0. The van der Waals surface area contributed by atoms with Crippen LogP contribution in [0.1, 0.15) is 45.9 Å². The zero-order chi connectivity index (χ0) is 14.3. The van der Waals surface area contributed by atoms with Gasteiger partial charge in [0.2, 0.25) is 5.89 Å². The molecule has 0 saturated heterocycles. The van der Waals surface area contributed by atoms with Crippen molar-refractivity contribution in [3.63, 3.8) is 0 Å². The molecule has 1 aromatic rings. The molecule has 0 aliphatic rings. The number of nitriles is 1. The van der Waals surface area contributed by atoms with Crippen molar-refractivity contribution in [2.45, 2.75) is 63.8 Å². The van der Waals surface area contributed by atoms with E-state index in [1.54, 1.807) is 18.7 Å². The van der Waals surface area contributed by atoms with E-state index in [1.807, 2.05) is 6.92 Å². The molecule has 1 rings (SSSR count). The highest BCUT2D eigenvalue weighted by Gasteiger charge is 2.27. The first kappa shape index (κ1) is 16.0. The molecule has 0 amide bonds. The molecule has 1 aromatic heterocycles. The Bertz CT molecular complexity index is 427. The van der Waals surface area contributed by atoms with Gasteiger partial charge in [-0.1, -0.05) is 18.7 Å². The van der Waals surface area contributed by atoms with Crippen molar-refractivity contribution in [2.24, 2.45) is 0 Å². The van der Waals surface area contributed by atoms with Crippen LogP contribution in [0.4, 0.5) is 0 Å². The Morgan fingerprint density at radius 1 is 1.47 bits per heavy atom. The molecule has 0 fully saturated rings. The summed E-state index contributed by atoms with van der Waals surface area (Å²) in [6, 6.07) is 2.74. The molecule has 0 aliphatic carbocycles. The summed E-state index contributed by atoms with van der Waals surface area (Å²) in [4.78, 5) is 0. The average molecular weight is 282 g/mol. The van der Waals surface area contributed by atoms with Crippen LogP contribution in [-0.2, 0) is 0 Å². The highest BCUT2D eigenvalue weighted by Crippen LogP contribution is 2.22. The third-order valence-corrected chi connectivity index (χ3v) is 3.77. The number of rotatable bonds is 8. The second-order valence-electron chi connectivity index (χ2n) is 4.89. The molecule has 1 atom stereocenters. The van der Waals surface area contributed by atoms with Crippen molar-refractivity contribution in [2.75, 3.05) is 5.75 Å². The zero-order valence-corrected chi connectivity index (χ0v) is 12.9. The number of nitrogens with one attached hydrogen (secondary N) is 1. The number of aryl methyl sites for hydroxylation is 1. The van der Waals surface area contributed by atoms with Crippen LogP contribution in [0, 0.1) is 18.3 Å². The van der Waals surface area contributed by atoms with Gasteiger partial charge in [0, 0.05) is 18.7 Å². The van der Waals surface area contributed by atoms with Gasteiger partial charge in [0.25, 0.3) is 5.22 Å². The minimum atomic E-state index is -0.417. The Hall–Kier alpha value is -1.06. The molecular formula is C13H22N4OS. The van der Waals surface area contributed by atoms with Gasteiger partial charge < -0.3 is 4.42 Å². The lowest BCUT2D eigenvalue weighted by atomic mass is 9.91. The van der Waals surface area contributed by atoms with Crippen molar-refractivity contribution < 1.29 is 4.42 Å². The summed E-state index contributed by atoms with van der Waals surface area (Å²) in [6.45, 7) is 7.96. The summed E-state index contributed by atoms with van der Waals surface area (Å²) in [5.41, 5.74) is -0.417. The Morgan fingerprint density at radius 2 is 2.21 bits per heavy atom. The number of hydrogen-bond donors (Lipinski definition) is 1. The molecular weight excluding hydrogens is 260 g/mol. The van der Waals surface area contributed by atoms with E-state index in [9.17, 15) is 5.26 Å². The first-order chi connectivity index (χ1) is 9.01. The quantitative estimate of drug-likeness (QED) is 0.583. The predicted molar refractivity (Wildman–Crippen MR) is 75.9 cm³/mol. The molecule has 106 valence electrons. The van der Waals surface area contributed by atoms with E-state index in [-0.39, 0.29) is 0 Å². The maximum Gasteiger partial charge on any atom is 0.276 e. The van der Waals surface area contributed by atoms with E-state index in [0.717, 1.165) is 25.0 Å². The van der Waals surface area contributed by atoms with E-state index in [0.29, 0.717) is 17.2 Å². The molecule has 1 unspecified atom stereocenters. The van der Waals surface area contributed by atoms with Gasteiger partial charge in [-0.05, 0) is 33.1 Å². The van der Waals surface area contributed by atoms with Crippen molar-refractivity contribution in [1.82, 2.24) is 15.5 Å². The van der Waals surface area contributed by atoms with Gasteiger partial charge in [-0.2, -0.15) is 5.26 Å². The molecule has 0 radical (unpaired) electrons. The lowest BCUT2D eigenvalue weighted by molar-refractivity contribution is 0.341. The van der Waals surface area contributed by atoms with E-state index in [4.69, 9.17) is 4.42 Å². The maximum atomic E-state index is 9.38. The molecule has 1 heterocycles. The molecule has 0 spiro atoms. The standard InChI is InChI=1S/C13H22N4OS/c1-5-13(9-14,15-10(2)3)7-6-8-19-12-17-16-11(4)18-12/h10,15H,5-8H2,1-4H3. The van der Waals surface area contributed by atoms with Crippen LogP contribution in [0.2, 0.25) is 0 Å². The van der Waals surface area contributed by atoms with E-state index in [2.05, 4.69) is 35.4 Å². The van der Waals surface area contributed by atoms with Gasteiger partial charge in [0.15, 0.2) is 0 Å². The largest absolute Gasteiger partial charge is 0.416 e. The first-order valence-corrected chi connectivity index (χ1v) is 7.62. The SMILES string of the molecule is CCC(C#N)(CCCSc1nnc(C)o1)NC(C)C. The normalized spacial score (nSPS) is 14.3. The van der Waals surface area contributed by atoms with Gasteiger partial charge in [-0.15, -0.1) is 10.2 Å². The Labute approximate surface area is 119 Å². The van der Waals surface area contributed by atoms with E-state index in [1.165, 1.54) is 0 Å². The van der Waals surface area contributed by atoms with Gasteiger partial charge >= 0.3 is 0 Å². The van der Waals surface area contributed by atoms with Crippen LogP contribution in [0.25, 0.3) is 0 Å². The van der Waals surface area contributed by atoms with Crippen molar-refractivity contribution in [1.29, 1.82) is 5.26 Å². The van der Waals surface area contributed by atoms with Crippen molar-refractivity contribution in [3.8, 4) is 6.07 Å². The lowest BCUT2D eigenvalue weighted by Gasteiger charge is -2.28. The minimum absolute atomic E-state index is 0.311. The minimum Gasteiger partial charge on any atom is -0.416 e. The Morgan fingerprint density at radius 3 is 2.68 bits per heavy atom. The van der Waals surface area contributed by atoms with Crippen LogP contribution in [0.15, 0.2) is 9.64 Å². The fraction of sp³-hybridized carbons (Fsp3) is 0.769. The monoisotopic (exact) mass is 282 g/mol. The number of aromatic nitrogens is 2. The molecule has 0 aromatic carbocycles. The van der Waals surface area contributed by atoms with Crippen LogP contribution in [0.3, 0.4) is 0 Å². The van der Waals surface area contributed by atoms with Crippen molar-refractivity contribution in [3.05, 3.63) is 5.89 Å². The smallest absolute Gasteiger partial charge is 0.276 e.